The van der Waals surface area contributed by atoms with E-state index in [1.165, 1.54) is 0 Å². The van der Waals surface area contributed by atoms with E-state index in [-0.39, 0.29) is 11.8 Å². The number of amides is 2. The van der Waals surface area contributed by atoms with Gasteiger partial charge in [-0.15, -0.1) is 0 Å². The minimum absolute atomic E-state index is 0.00139. The molecule has 0 heterocycles. The quantitative estimate of drug-likeness (QED) is 0.785. The summed E-state index contributed by atoms with van der Waals surface area (Å²) in [5.41, 5.74) is 0.812. The fraction of sp³-hybridized carbons (Fsp3) is 0.429. The lowest BCUT2D eigenvalue weighted by atomic mass is 10.1. The fourth-order valence-corrected chi connectivity index (χ4v) is 1.53. The number of benzene rings is 1. The van der Waals surface area contributed by atoms with Gasteiger partial charge in [-0.05, 0) is 25.0 Å². The minimum Gasteiger partial charge on any atom is -0.349 e. The van der Waals surface area contributed by atoms with Crippen molar-refractivity contribution in [2.75, 3.05) is 19.4 Å². The maximum absolute atomic E-state index is 11.6. The first-order valence-corrected chi connectivity index (χ1v) is 6.14. The van der Waals surface area contributed by atoms with E-state index >= 15 is 0 Å². The van der Waals surface area contributed by atoms with E-state index in [1.807, 2.05) is 30.3 Å². The summed E-state index contributed by atoms with van der Waals surface area (Å²) in [7, 11) is 3.48. The molecule has 0 aliphatic carbocycles. The topological polar surface area (TPSA) is 49.4 Å². The highest BCUT2D eigenvalue weighted by atomic mass is 16.2. The fourth-order valence-electron chi connectivity index (χ4n) is 1.53. The Balaban J connectivity index is 2.16. The van der Waals surface area contributed by atoms with Gasteiger partial charge in [0.25, 0.3) is 0 Å². The van der Waals surface area contributed by atoms with E-state index in [9.17, 15) is 9.59 Å². The smallest absolute Gasteiger partial charge is 0.224 e. The van der Waals surface area contributed by atoms with Gasteiger partial charge in [-0.25, -0.2) is 0 Å². The van der Waals surface area contributed by atoms with E-state index in [4.69, 9.17) is 0 Å². The van der Waals surface area contributed by atoms with Crippen LogP contribution in [0.25, 0.3) is 0 Å². The third-order valence-electron chi connectivity index (χ3n) is 2.60. The second-order valence-corrected chi connectivity index (χ2v) is 4.41. The van der Waals surface area contributed by atoms with Gasteiger partial charge in [0.15, 0.2) is 0 Å². The Morgan fingerprint density at radius 3 is 2.28 bits per heavy atom. The largest absolute Gasteiger partial charge is 0.349 e. The summed E-state index contributed by atoms with van der Waals surface area (Å²) in [5.74, 6) is 0.108. The molecular weight excluding hydrogens is 228 g/mol. The molecule has 0 bridgehead atoms. The Labute approximate surface area is 108 Å². The van der Waals surface area contributed by atoms with Gasteiger partial charge in [0.2, 0.25) is 11.8 Å². The number of carbonyl (C=O) groups is 2. The minimum atomic E-state index is -0.00139. The monoisotopic (exact) mass is 248 g/mol. The summed E-state index contributed by atoms with van der Waals surface area (Å²) in [6.45, 7) is 0. The van der Waals surface area contributed by atoms with Crippen molar-refractivity contribution in [2.24, 2.45) is 0 Å². The maximum Gasteiger partial charge on any atom is 0.224 e. The molecule has 1 aromatic rings. The van der Waals surface area contributed by atoms with Crippen LogP contribution in [0.4, 0.5) is 5.69 Å². The highest BCUT2D eigenvalue weighted by molar-refractivity contribution is 5.90. The van der Waals surface area contributed by atoms with Gasteiger partial charge in [-0.2, -0.15) is 0 Å². The summed E-state index contributed by atoms with van der Waals surface area (Å²) < 4.78 is 0. The molecule has 1 N–H and O–H groups in total. The normalized spacial score (nSPS) is 9.89. The first-order chi connectivity index (χ1) is 8.59. The van der Waals surface area contributed by atoms with Crippen molar-refractivity contribution < 1.29 is 9.59 Å². The number of rotatable bonds is 6. The molecule has 18 heavy (non-hydrogen) atoms. The molecule has 2 amide bonds. The SMILES string of the molecule is CN(C)C(=O)CCCCC(=O)Nc1ccccc1. The first-order valence-electron chi connectivity index (χ1n) is 6.14. The molecule has 1 rings (SSSR count). The third kappa shape index (κ3) is 5.48. The predicted octanol–water partition coefficient (Wildman–Crippen LogP) is 2.27. The van der Waals surface area contributed by atoms with Gasteiger partial charge in [0.05, 0.1) is 0 Å². The van der Waals surface area contributed by atoms with Gasteiger partial charge in [-0.3, -0.25) is 9.59 Å². The number of anilines is 1. The number of unbranched alkanes of at least 4 members (excludes halogenated alkanes) is 1. The summed E-state index contributed by atoms with van der Waals surface area (Å²) in [5, 5.41) is 2.82. The lowest BCUT2D eigenvalue weighted by Gasteiger charge is -2.09. The van der Waals surface area contributed by atoms with Crippen LogP contribution in [-0.4, -0.2) is 30.8 Å². The lowest BCUT2D eigenvalue weighted by Crippen LogP contribution is -2.21. The van der Waals surface area contributed by atoms with Gasteiger partial charge >= 0.3 is 0 Å². The average Bonchev–Trinajstić information content (AvgIpc) is 2.35. The molecule has 1 aromatic carbocycles. The van der Waals surface area contributed by atoms with Crippen LogP contribution in [0.15, 0.2) is 30.3 Å². The van der Waals surface area contributed by atoms with Crippen LogP contribution in [0.1, 0.15) is 25.7 Å². The van der Waals surface area contributed by atoms with Gasteiger partial charge < -0.3 is 10.2 Å². The zero-order valence-corrected chi connectivity index (χ0v) is 11.0. The molecule has 0 atom stereocenters. The Morgan fingerprint density at radius 1 is 1.06 bits per heavy atom. The molecule has 0 fully saturated rings. The van der Waals surface area contributed by atoms with E-state index in [0.717, 1.165) is 18.5 Å². The molecule has 0 aliphatic rings. The van der Waals surface area contributed by atoms with Gasteiger partial charge in [0, 0.05) is 32.6 Å². The molecule has 4 nitrogen and oxygen atoms in total. The highest BCUT2D eigenvalue weighted by Crippen LogP contribution is 2.07. The van der Waals surface area contributed by atoms with E-state index in [0.29, 0.717) is 12.8 Å². The van der Waals surface area contributed by atoms with Gasteiger partial charge in [-0.1, -0.05) is 18.2 Å². The van der Waals surface area contributed by atoms with Crippen molar-refractivity contribution in [1.29, 1.82) is 0 Å². The Bertz CT molecular complexity index is 388. The molecule has 0 saturated heterocycles. The number of hydrogen-bond donors (Lipinski definition) is 1. The predicted molar refractivity (Wildman–Crippen MR) is 72.2 cm³/mol. The van der Waals surface area contributed by atoms with Crippen LogP contribution < -0.4 is 5.32 Å². The highest BCUT2D eigenvalue weighted by Gasteiger charge is 2.05. The first kappa shape index (κ1) is 14.2. The molecule has 0 radical (unpaired) electrons. The molecule has 4 heteroatoms. The molecule has 0 unspecified atom stereocenters. The molecule has 0 aromatic heterocycles. The van der Waals surface area contributed by atoms with Crippen molar-refractivity contribution in [3.05, 3.63) is 30.3 Å². The molecular formula is C14H20N2O2. The zero-order chi connectivity index (χ0) is 13.4. The van der Waals surface area contributed by atoms with Crippen molar-refractivity contribution in [3.63, 3.8) is 0 Å². The molecule has 0 saturated carbocycles. The van der Waals surface area contributed by atoms with Gasteiger partial charge in [0.1, 0.15) is 0 Å². The van der Waals surface area contributed by atoms with Crippen LogP contribution in [0.3, 0.4) is 0 Å². The molecule has 98 valence electrons. The maximum atomic E-state index is 11.6. The number of para-hydroxylation sites is 1. The molecule has 0 spiro atoms. The van der Waals surface area contributed by atoms with E-state index in [1.54, 1.807) is 19.0 Å². The van der Waals surface area contributed by atoms with Crippen LogP contribution in [0, 0.1) is 0 Å². The average molecular weight is 248 g/mol. The summed E-state index contributed by atoms with van der Waals surface area (Å²) in [4.78, 5) is 24.5. The van der Waals surface area contributed by atoms with Crippen LogP contribution in [0.2, 0.25) is 0 Å². The van der Waals surface area contributed by atoms with Crippen LogP contribution in [0.5, 0.6) is 0 Å². The van der Waals surface area contributed by atoms with Crippen LogP contribution in [-0.2, 0) is 9.59 Å². The lowest BCUT2D eigenvalue weighted by molar-refractivity contribution is -0.129. The summed E-state index contributed by atoms with van der Waals surface area (Å²) >= 11 is 0. The van der Waals surface area contributed by atoms with E-state index < -0.39 is 0 Å². The standard InChI is InChI=1S/C14H20N2O2/c1-16(2)14(18)11-7-6-10-13(17)15-12-8-4-3-5-9-12/h3-5,8-9H,6-7,10-11H2,1-2H3,(H,15,17). The number of nitrogens with zero attached hydrogens (tertiary/aromatic N) is 1. The Morgan fingerprint density at radius 2 is 1.67 bits per heavy atom. The van der Waals surface area contributed by atoms with Crippen molar-refractivity contribution in [3.8, 4) is 0 Å². The Hall–Kier alpha value is -1.84. The van der Waals surface area contributed by atoms with Crippen molar-refractivity contribution in [2.45, 2.75) is 25.7 Å². The Kier molecular flexibility index (Phi) is 5.91. The number of nitrogens with one attached hydrogen (secondary N) is 1. The summed E-state index contributed by atoms with van der Waals surface area (Å²) in [6, 6.07) is 9.38. The third-order valence-corrected chi connectivity index (χ3v) is 2.60. The summed E-state index contributed by atoms with van der Waals surface area (Å²) in [6.07, 6.45) is 2.44. The second-order valence-electron chi connectivity index (χ2n) is 4.41. The van der Waals surface area contributed by atoms with Crippen LogP contribution >= 0.6 is 0 Å². The van der Waals surface area contributed by atoms with Crippen molar-refractivity contribution >= 4 is 17.5 Å². The second kappa shape index (κ2) is 7.48. The number of carbonyl (C=O) groups excluding carboxylic acids is 2. The van der Waals surface area contributed by atoms with E-state index in [2.05, 4.69) is 5.32 Å². The van der Waals surface area contributed by atoms with Crippen molar-refractivity contribution in [1.82, 2.24) is 4.90 Å². The zero-order valence-electron chi connectivity index (χ0n) is 11.0. The number of hydrogen-bond acceptors (Lipinski definition) is 2. The molecule has 0 aliphatic heterocycles.